The second-order valence-electron chi connectivity index (χ2n) is 5.14. The minimum absolute atomic E-state index is 0.0171. The Labute approximate surface area is 129 Å². The van der Waals surface area contributed by atoms with E-state index < -0.39 is 10.7 Å². The molecule has 3 N–H and O–H groups in total. The Morgan fingerprint density at radius 2 is 1.91 bits per heavy atom. The Bertz CT molecular complexity index is 531. The third-order valence-electron chi connectivity index (χ3n) is 3.32. The van der Waals surface area contributed by atoms with E-state index >= 15 is 0 Å². The molecule has 1 amide bonds. The minimum Gasteiger partial charge on any atom is -0.504 e. The average molecular weight is 310 g/mol. The number of nitrogens with one attached hydrogen (secondary N) is 1. The van der Waals surface area contributed by atoms with Crippen LogP contribution in [0.4, 0.5) is 5.69 Å². The predicted molar refractivity (Wildman–Crippen MR) is 81.9 cm³/mol. The quantitative estimate of drug-likeness (QED) is 0.281. The molecule has 1 aromatic rings. The van der Waals surface area contributed by atoms with Crippen LogP contribution in [0, 0.1) is 10.1 Å². The SMILES string of the molecule is CCCCCC(=O)NCCCc1cc(O)c(O)cc1[N+](=O)[O-]. The summed E-state index contributed by atoms with van der Waals surface area (Å²) in [5.41, 5.74) is 0.102. The van der Waals surface area contributed by atoms with Gasteiger partial charge in [-0.05, 0) is 25.3 Å². The third-order valence-corrected chi connectivity index (χ3v) is 3.32. The first-order valence-electron chi connectivity index (χ1n) is 7.41. The second kappa shape index (κ2) is 8.86. The number of phenols is 2. The van der Waals surface area contributed by atoms with Crippen molar-refractivity contribution >= 4 is 11.6 Å². The number of carbonyl (C=O) groups is 1. The van der Waals surface area contributed by atoms with Crippen molar-refractivity contribution in [2.45, 2.75) is 45.4 Å². The van der Waals surface area contributed by atoms with Crippen LogP contribution in [0.1, 0.15) is 44.6 Å². The standard InChI is InChI=1S/C15H22N2O5/c1-2-3-4-7-15(20)16-8-5-6-11-9-13(18)14(19)10-12(11)17(21)22/h9-10,18-19H,2-8H2,1H3,(H,16,20). The van der Waals surface area contributed by atoms with Gasteiger partial charge in [0.15, 0.2) is 11.5 Å². The molecule has 0 aromatic heterocycles. The number of aromatic hydroxyl groups is 2. The number of nitrogens with zero attached hydrogens (tertiary/aromatic N) is 1. The van der Waals surface area contributed by atoms with Crippen LogP contribution in [0.3, 0.4) is 0 Å². The molecule has 7 heteroatoms. The van der Waals surface area contributed by atoms with Crippen molar-refractivity contribution in [1.82, 2.24) is 5.32 Å². The number of benzene rings is 1. The summed E-state index contributed by atoms with van der Waals surface area (Å²) in [4.78, 5) is 21.8. The lowest BCUT2D eigenvalue weighted by Gasteiger charge is -2.07. The van der Waals surface area contributed by atoms with Crippen LogP contribution in [0.25, 0.3) is 0 Å². The molecule has 1 rings (SSSR count). The van der Waals surface area contributed by atoms with Crippen molar-refractivity contribution in [2.75, 3.05) is 6.54 Å². The summed E-state index contributed by atoms with van der Waals surface area (Å²) >= 11 is 0. The highest BCUT2D eigenvalue weighted by atomic mass is 16.6. The van der Waals surface area contributed by atoms with Crippen LogP contribution in [-0.4, -0.2) is 27.6 Å². The largest absolute Gasteiger partial charge is 0.504 e. The van der Waals surface area contributed by atoms with Crippen LogP contribution in [0.15, 0.2) is 12.1 Å². The first-order valence-corrected chi connectivity index (χ1v) is 7.41. The number of aryl methyl sites for hydroxylation is 1. The van der Waals surface area contributed by atoms with Gasteiger partial charge in [-0.3, -0.25) is 14.9 Å². The van der Waals surface area contributed by atoms with Crippen molar-refractivity contribution < 1.29 is 19.9 Å². The van der Waals surface area contributed by atoms with Gasteiger partial charge in [0.2, 0.25) is 5.91 Å². The Kier molecular flexibility index (Phi) is 7.15. The molecule has 0 heterocycles. The third kappa shape index (κ3) is 5.59. The molecule has 0 bridgehead atoms. The van der Waals surface area contributed by atoms with E-state index in [1.165, 1.54) is 6.07 Å². The summed E-state index contributed by atoms with van der Waals surface area (Å²) in [7, 11) is 0. The maximum absolute atomic E-state index is 11.5. The molecule has 22 heavy (non-hydrogen) atoms. The van der Waals surface area contributed by atoms with Crippen molar-refractivity contribution in [3.63, 3.8) is 0 Å². The first-order chi connectivity index (χ1) is 10.5. The molecule has 1 aromatic carbocycles. The first kappa shape index (κ1) is 17.7. The Balaban J connectivity index is 2.46. The number of phenolic OH excluding ortho intramolecular Hbond substituents is 2. The van der Waals surface area contributed by atoms with Gasteiger partial charge in [0.05, 0.1) is 11.0 Å². The van der Waals surface area contributed by atoms with E-state index in [2.05, 4.69) is 12.2 Å². The molecule has 0 saturated heterocycles. The molecule has 0 fully saturated rings. The monoisotopic (exact) mass is 310 g/mol. The molecule has 0 saturated carbocycles. The molecule has 0 atom stereocenters. The van der Waals surface area contributed by atoms with E-state index in [0.717, 1.165) is 25.3 Å². The maximum Gasteiger partial charge on any atom is 0.276 e. The molecular weight excluding hydrogens is 288 g/mol. The van der Waals surface area contributed by atoms with Crippen LogP contribution < -0.4 is 5.32 Å². The summed E-state index contributed by atoms with van der Waals surface area (Å²) in [5, 5.41) is 32.4. The lowest BCUT2D eigenvalue weighted by Crippen LogP contribution is -2.24. The van der Waals surface area contributed by atoms with Crippen LogP contribution in [0.5, 0.6) is 11.5 Å². The van der Waals surface area contributed by atoms with Gasteiger partial charge in [0.1, 0.15) is 0 Å². The summed E-state index contributed by atoms with van der Waals surface area (Å²) < 4.78 is 0. The Morgan fingerprint density at radius 3 is 2.55 bits per heavy atom. The predicted octanol–water partition coefficient (Wildman–Crippen LogP) is 2.64. The molecule has 0 aliphatic carbocycles. The summed E-state index contributed by atoms with van der Waals surface area (Å²) in [5.74, 6) is -0.916. The number of hydrogen-bond donors (Lipinski definition) is 3. The van der Waals surface area contributed by atoms with Gasteiger partial charge in [0, 0.05) is 18.5 Å². The van der Waals surface area contributed by atoms with E-state index in [0.29, 0.717) is 31.4 Å². The van der Waals surface area contributed by atoms with E-state index in [9.17, 15) is 25.1 Å². The number of rotatable bonds is 9. The summed E-state index contributed by atoms with van der Waals surface area (Å²) in [6.45, 7) is 2.49. The summed E-state index contributed by atoms with van der Waals surface area (Å²) in [6, 6.07) is 2.13. The zero-order chi connectivity index (χ0) is 16.5. The van der Waals surface area contributed by atoms with E-state index in [1.54, 1.807) is 0 Å². The fraction of sp³-hybridized carbons (Fsp3) is 0.533. The number of nitro benzene ring substituents is 1. The Morgan fingerprint density at radius 1 is 1.23 bits per heavy atom. The fourth-order valence-electron chi connectivity index (χ4n) is 2.11. The zero-order valence-corrected chi connectivity index (χ0v) is 12.7. The van der Waals surface area contributed by atoms with Gasteiger partial charge < -0.3 is 15.5 Å². The number of unbranched alkanes of at least 4 members (excludes halogenated alkanes) is 2. The highest BCUT2D eigenvalue weighted by Crippen LogP contribution is 2.33. The maximum atomic E-state index is 11.5. The lowest BCUT2D eigenvalue weighted by atomic mass is 10.1. The molecule has 0 unspecified atom stereocenters. The number of hydrogen-bond acceptors (Lipinski definition) is 5. The van der Waals surface area contributed by atoms with E-state index in [4.69, 9.17) is 0 Å². The van der Waals surface area contributed by atoms with Crippen LogP contribution in [0.2, 0.25) is 0 Å². The highest BCUT2D eigenvalue weighted by molar-refractivity contribution is 5.75. The molecule has 0 aliphatic rings. The van der Waals surface area contributed by atoms with Gasteiger partial charge in [-0.15, -0.1) is 0 Å². The molecule has 0 radical (unpaired) electrons. The van der Waals surface area contributed by atoms with Crippen molar-refractivity contribution in [3.8, 4) is 11.5 Å². The smallest absolute Gasteiger partial charge is 0.276 e. The van der Waals surface area contributed by atoms with Gasteiger partial charge in [-0.25, -0.2) is 0 Å². The average Bonchev–Trinajstić information content (AvgIpc) is 2.46. The van der Waals surface area contributed by atoms with Crippen LogP contribution >= 0.6 is 0 Å². The zero-order valence-electron chi connectivity index (χ0n) is 12.7. The molecule has 0 aliphatic heterocycles. The topological polar surface area (TPSA) is 113 Å². The number of amides is 1. The van der Waals surface area contributed by atoms with Gasteiger partial charge in [-0.1, -0.05) is 19.8 Å². The number of carbonyl (C=O) groups excluding carboxylic acids is 1. The summed E-state index contributed by atoms with van der Waals surface area (Å²) in [6.07, 6.45) is 4.28. The van der Waals surface area contributed by atoms with E-state index in [1.807, 2.05) is 0 Å². The molecule has 122 valence electrons. The lowest BCUT2D eigenvalue weighted by molar-refractivity contribution is -0.385. The molecule has 0 spiro atoms. The molecular formula is C15H22N2O5. The normalized spacial score (nSPS) is 10.4. The van der Waals surface area contributed by atoms with Crippen molar-refractivity contribution in [3.05, 3.63) is 27.8 Å². The van der Waals surface area contributed by atoms with Gasteiger partial charge in [0.25, 0.3) is 5.69 Å². The number of nitro groups is 1. The fourth-order valence-corrected chi connectivity index (χ4v) is 2.11. The highest BCUT2D eigenvalue weighted by Gasteiger charge is 2.17. The van der Waals surface area contributed by atoms with Gasteiger partial charge in [-0.2, -0.15) is 0 Å². The molecule has 7 nitrogen and oxygen atoms in total. The Hall–Kier alpha value is -2.31. The van der Waals surface area contributed by atoms with Crippen molar-refractivity contribution in [2.24, 2.45) is 0 Å². The van der Waals surface area contributed by atoms with Crippen LogP contribution in [-0.2, 0) is 11.2 Å². The minimum atomic E-state index is -0.599. The van der Waals surface area contributed by atoms with Gasteiger partial charge >= 0.3 is 0 Å². The van der Waals surface area contributed by atoms with Crippen molar-refractivity contribution in [1.29, 1.82) is 0 Å². The van der Waals surface area contributed by atoms with E-state index in [-0.39, 0.29) is 17.3 Å². The second-order valence-corrected chi connectivity index (χ2v) is 5.14.